The summed E-state index contributed by atoms with van der Waals surface area (Å²) in [7, 11) is -4.09. The van der Waals surface area contributed by atoms with Gasteiger partial charge >= 0.3 is 6.18 Å². The van der Waals surface area contributed by atoms with Crippen molar-refractivity contribution in [3.8, 4) is 0 Å². The molecule has 34 heavy (non-hydrogen) atoms. The average Bonchev–Trinajstić information content (AvgIpc) is 3.17. The summed E-state index contributed by atoms with van der Waals surface area (Å²) in [5, 5.41) is 5.50. The Labute approximate surface area is 199 Å². The number of anilines is 1. The minimum absolute atomic E-state index is 0.342. The summed E-state index contributed by atoms with van der Waals surface area (Å²) in [4.78, 5) is 12.4. The van der Waals surface area contributed by atoms with Gasteiger partial charge in [0.25, 0.3) is 5.91 Å². The Morgan fingerprint density at radius 3 is 2.53 bits per heavy atom. The molecular weight excluding hydrogens is 491 g/mol. The zero-order valence-corrected chi connectivity index (χ0v) is 19.4. The molecule has 1 amide bonds. The van der Waals surface area contributed by atoms with Gasteiger partial charge in [-0.3, -0.25) is 9.10 Å². The largest absolute Gasteiger partial charge is 0.417 e. The predicted octanol–water partition coefficient (Wildman–Crippen LogP) is 4.53. The number of sulfonamides is 1. The molecule has 0 bridgehead atoms. The number of amides is 1. The van der Waals surface area contributed by atoms with Crippen LogP contribution in [0.15, 0.2) is 53.6 Å². The summed E-state index contributed by atoms with van der Waals surface area (Å²) in [6, 6.07) is 12.5. The van der Waals surface area contributed by atoms with Gasteiger partial charge in [0.05, 0.1) is 28.7 Å². The van der Waals surface area contributed by atoms with Gasteiger partial charge in [0.1, 0.15) is 6.54 Å². The molecule has 0 radical (unpaired) electrons. The van der Waals surface area contributed by atoms with E-state index in [1.54, 1.807) is 0 Å². The second-order valence-electron chi connectivity index (χ2n) is 7.88. The van der Waals surface area contributed by atoms with E-state index in [0.29, 0.717) is 10.4 Å². The molecule has 0 atom stereocenters. The number of carbonyl (C=O) groups excluding carboxylic acids is 1. The van der Waals surface area contributed by atoms with Crippen molar-refractivity contribution in [2.24, 2.45) is 5.10 Å². The lowest BCUT2D eigenvalue weighted by Gasteiger charge is -2.22. The van der Waals surface area contributed by atoms with E-state index in [1.807, 2.05) is 24.3 Å². The number of nitrogens with one attached hydrogen (secondary N) is 1. The first kappa shape index (κ1) is 24.0. The maximum atomic E-state index is 13.2. The molecule has 0 unspecified atom stereocenters. The highest BCUT2D eigenvalue weighted by Gasteiger charge is 2.34. The summed E-state index contributed by atoms with van der Waals surface area (Å²) in [6.45, 7) is -0.765. The number of rotatable bonds is 6. The Hall–Kier alpha value is -3.11. The van der Waals surface area contributed by atoms with E-state index in [2.05, 4.69) is 16.6 Å². The van der Waals surface area contributed by atoms with Gasteiger partial charge in [-0.1, -0.05) is 41.9 Å². The minimum Gasteiger partial charge on any atom is -0.271 e. The van der Waals surface area contributed by atoms with Crippen molar-refractivity contribution in [3.63, 3.8) is 0 Å². The third kappa shape index (κ3) is 4.88. The first-order chi connectivity index (χ1) is 15.9. The lowest BCUT2D eigenvalue weighted by Crippen LogP contribution is -2.39. The Balaban J connectivity index is 1.54. The van der Waals surface area contributed by atoms with Crippen LogP contribution < -0.4 is 9.73 Å². The van der Waals surface area contributed by atoms with Crippen LogP contribution in [0.25, 0.3) is 10.8 Å². The van der Waals surface area contributed by atoms with E-state index in [-0.39, 0.29) is 5.69 Å². The third-order valence-corrected chi connectivity index (χ3v) is 7.00. The van der Waals surface area contributed by atoms with Crippen molar-refractivity contribution in [1.82, 2.24) is 5.43 Å². The normalized spacial score (nSPS) is 13.6. The van der Waals surface area contributed by atoms with Gasteiger partial charge in [-0.25, -0.2) is 13.8 Å². The number of alkyl halides is 3. The smallest absolute Gasteiger partial charge is 0.271 e. The van der Waals surface area contributed by atoms with Gasteiger partial charge < -0.3 is 0 Å². The van der Waals surface area contributed by atoms with E-state index in [4.69, 9.17) is 11.6 Å². The fraction of sp³-hybridized carbons (Fsp3) is 0.217. The Morgan fingerprint density at radius 1 is 1.15 bits per heavy atom. The first-order valence-electron chi connectivity index (χ1n) is 10.1. The number of benzene rings is 3. The molecule has 0 saturated heterocycles. The molecule has 3 aromatic rings. The second-order valence-corrected chi connectivity index (χ2v) is 10.2. The highest BCUT2D eigenvalue weighted by Crippen LogP contribution is 2.37. The number of aryl methyl sites for hydroxylation is 2. The second kappa shape index (κ2) is 8.92. The zero-order valence-electron chi connectivity index (χ0n) is 17.9. The molecule has 1 aliphatic carbocycles. The van der Waals surface area contributed by atoms with Crippen LogP contribution in [-0.4, -0.2) is 33.3 Å². The van der Waals surface area contributed by atoms with Gasteiger partial charge in [-0.05, 0) is 52.9 Å². The van der Waals surface area contributed by atoms with Crippen molar-refractivity contribution < 1.29 is 26.4 Å². The molecule has 6 nitrogen and oxygen atoms in total. The van der Waals surface area contributed by atoms with E-state index in [0.717, 1.165) is 42.2 Å². The predicted molar refractivity (Wildman–Crippen MR) is 126 cm³/mol. The molecule has 3 aromatic carbocycles. The van der Waals surface area contributed by atoms with Crippen LogP contribution in [0.3, 0.4) is 0 Å². The van der Waals surface area contributed by atoms with Crippen molar-refractivity contribution in [2.45, 2.75) is 19.0 Å². The summed E-state index contributed by atoms with van der Waals surface area (Å²) < 4.78 is 64.6. The van der Waals surface area contributed by atoms with Gasteiger partial charge in [0, 0.05) is 5.56 Å². The number of hydrazone groups is 1. The monoisotopic (exact) mass is 509 g/mol. The first-order valence-corrected chi connectivity index (χ1v) is 12.4. The van der Waals surface area contributed by atoms with E-state index in [1.165, 1.54) is 22.7 Å². The van der Waals surface area contributed by atoms with Crippen molar-refractivity contribution in [3.05, 3.63) is 75.8 Å². The number of hydrogen-bond acceptors (Lipinski definition) is 4. The molecule has 11 heteroatoms. The molecule has 0 fully saturated rings. The fourth-order valence-electron chi connectivity index (χ4n) is 4.01. The van der Waals surface area contributed by atoms with Gasteiger partial charge in [-0.2, -0.15) is 18.3 Å². The zero-order chi connectivity index (χ0) is 24.7. The lowest BCUT2D eigenvalue weighted by atomic mass is 10.0. The molecule has 0 spiro atoms. The quantitative estimate of drug-likeness (QED) is 0.392. The summed E-state index contributed by atoms with van der Waals surface area (Å²) in [5.74, 6) is -0.823. The van der Waals surface area contributed by atoms with E-state index >= 15 is 0 Å². The van der Waals surface area contributed by atoms with Crippen LogP contribution >= 0.6 is 11.6 Å². The molecule has 0 heterocycles. The van der Waals surface area contributed by atoms with Crippen LogP contribution in [-0.2, 0) is 33.8 Å². The Bertz CT molecular complexity index is 1410. The van der Waals surface area contributed by atoms with Crippen molar-refractivity contribution in [1.29, 1.82) is 0 Å². The highest BCUT2D eigenvalue weighted by molar-refractivity contribution is 7.92. The molecule has 178 valence electrons. The summed E-state index contributed by atoms with van der Waals surface area (Å²) in [5.41, 5.74) is 3.97. The third-order valence-electron chi connectivity index (χ3n) is 5.53. The fourth-order valence-corrected chi connectivity index (χ4v) is 5.08. The van der Waals surface area contributed by atoms with Crippen LogP contribution in [0.5, 0.6) is 0 Å². The van der Waals surface area contributed by atoms with Crippen LogP contribution in [0.1, 0.15) is 22.3 Å². The van der Waals surface area contributed by atoms with Crippen LogP contribution in [0.2, 0.25) is 5.02 Å². The summed E-state index contributed by atoms with van der Waals surface area (Å²) >= 11 is 5.61. The SMILES string of the molecule is CS(=O)(=O)N(CC(=O)N/N=C\c1ccc2c3c(cccc13)CC2)c1ccc(Cl)c(C(F)(F)F)c1. The Morgan fingerprint density at radius 2 is 1.85 bits per heavy atom. The van der Waals surface area contributed by atoms with Gasteiger partial charge in [-0.15, -0.1) is 0 Å². The highest BCUT2D eigenvalue weighted by atomic mass is 35.5. The number of nitrogens with zero attached hydrogens (tertiary/aromatic N) is 2. The van der Waals surface area contributed by atoms with Gasteiger partial charge in [0.15, 0.2) is 0 Å². The summed E-state index contributed by atoms with van der Waals surface area (Å²) in [6.07, 6.45) is -0.618. The molecule has 4 rings (SSSR count). The average molecular weight is 510 g/mol. The maximum Gasteiger partial charge on any atom is 0.417 e. The number of hydrogen-bond donors (Lipinski definition) is 1. The maximum absolute atomic E-state index is 13.2. The molecule has 1 aliphatic rings. The molecule has 1 N–H and O–H groups in total. The van der Waals surface area contributed by atoms with Crippen LogP contribution in [0, 0.1) is 0 Å². The molecule has 0 aliphatic heterocycles. The topological polar surface area (TPSA) is 78.8 Å². The molecule has 0 saturated carbocycles. The lowest BCUT2D eigenvalue weighted by molar-refractivity contribution is -0.137. The van der Waals surface area contributed by atoms with Crippen molar-refractivity contribution >= 4 is 50.2 Å². The van der Waals surface area contributed by atoms with Crippen LogP contribution in [0.4, 0.5) is 18.9 Å². The number of carbonyl (C=O) groups is 1. The molecular formula is C23H19ClF3N3O3S. The van der Waals surface area contributed by atoms with E-state index < -0.39 is 39.2 Å². The number of halogens is 4. The van der Waals surface area contributed by atoms with Gasteiger partial charge in [0.2, 0.25) is 10.0 Å². The molecule has 0 aromatic heterocycles. The van der Waals surface area contributed by atoms with E-state index in [9.17, 15) is 26.4 Å². The van der Waals surface area contributed by atoms with Crippen molar-refractivity contribution in [2.75, 3.05) is 17.1 Å². The standard InChI is InChI=1S/C23H19ClF3N3O3S/c1-34(32,33)30(17-9-10-20(24)19(11-17)23(25,26)27)13-21(31)29-28-12-16-8-7-15-6-5-14-3-2-4-18(16)22(14)15/h2-4,7-12H,5-6,13H2,1H3,(H,29,31)/b28-12-. The Kier molecular flexibility index (Phi) is 6.30. The minimum atomic E-state index is -4.79.